The van der Waals surface area contributed by atoms with Crippen LogP contribution in [0.5, 0.6) is 0 Å². The number of benzene rings is 1. The molecule has 0 saturated heterocycles. The van der Waals surface area contributed by atoms with E-state index < -0.39 is 6.10 Å². The molecule has 0 aliphatic carbocycles. The lowest BCUT2D eigenvalue weighted by Crippen LogP contribution is -2.34. The minimum Gasteiger partial charge on any atom is -0.467 e. The Bertz CT molecular complexity index is 577. The van der Waals surface area contributed by atoms with Crippen molar-refractivity contribution in [1.29, 1.82) is 0 Å². The van der Waals surface area contributed by atoms with E-state index in [4.69, 9.17) is 4.42 Å². The van der Waals surface area contributed by atoms with Crippen molar-refractivity contribution in [2.45, 2.75) is 38.8 Å². The molecule has 1 heterocycles. The zero-order valence-electron chi connectivity index (χ0n) is 12.4. The van der Waals surface area contributed by atoms with Crippen LogP contribution in [-0.2, 0) is 11.2 Å². The fourth-order valence-corrected chi connectivity index (χ4v) is 2.30. The third-order valence-electron chi connectivity index (χ3n) is 3.47. The van der Waals surface area contributed by atoms with Gasteiger partial charge < -0.3 is 14.8 Å². The van der Waals surface area contributed by atoms with E-state index >= 15 is 0 Å². The highest BCUT2D eigenvalue weighted by Gasteiger charge is 2.16. The molecule has 21 heavy (non-hydrogen) atoms. The second-order valence-corrected chi connectivity index (χ2v) is 5.34. The Balaban J connectivity index is 1.83. The molecule has 4 nitrogen and oxygen atoms in total. The molecule has 0 radical (unpaired) electrons. The van der Waals surface area contributed by atoms with Crippen LogP contribution in [0.25, 0.3) is 0 Å². The van der Waals surface area contributed by atoms with Gasteiger partial charge in [-0.25, -0.2) is 0 Å². The first kappa shape index (κ1) is 15.3. The predicted octanol–water partition coefficient (Wildman–Crippen LogP) is 2.76. The van der Waals surface area contributed by atoms with E-state index in [2.05, 4.69) is 5.32 Å². The van der Waals surface area contributed by atoms with Crippen molar-refractivity contribution in [1.82, 2.24) is 5.32 Å². The van der Waals surface area contributed by atoms with E-state index in [0.29, 0.717) is 18.6 Å². The quantitative estimate of drug-likeness (QED) is 0.858. The normalized spacial score (nSPS) is 13.7. The van der Waals surface area contributed by atoms with Crippen LogP contribution >= 0.6 is 0 Å². The summed E-state index contributed by atoms with van der Waals surface area (Å²) in [6.45, 7) is 3.87. The molecule has 0 saturated carbocycles. The van der Waals surface area contributed by atoms with Crippen LogP contribution in [0.2, 0.25) is 0 Å². The topological polar surface area (TPSA) is 62.5 Å². The van der Waals surface area contributed by atoms with Gasteiger partial charge in [0.1, 0.15) is 11.9 Å². The summed E-state index contributed by atoms with van der Waals surface area (Å²) in [6.07, 6.45) is 1.61. The van der Waals surface area contributed by atoms with Gasteiger partial charge in [-0.3, -0.25) is 4.79 Å². The summed E-state index contributed by atoms with van der Waals surface area (Å²) in [5, 5.41) is 12.9. The molecule has 2 atom stereocenters. The molecule has 0 spiro atoms. The fraction of sp³-hybridized carbons (Fsp3) is 0.353. The molecule has 4 heteroatoms. The number of amides is 1. The Labute approximate surface area is 124 Å². The van der Waals surface area contributed by atoms with Gasteiger partial charge in [0.05, 0.1) is 12.7 Å². The van der Waals surface area contributed by atoms with Gasteiger partial charge in [-0.2, -0.15) is 0 Å². The average Bonchev–Trinajstić information content (AvgIpc) is 2.95. The number of aryl methyl sites for hydroxylation is 1. The second kappa shape index (κ2) is 7.09. The molecule has 0 aliphatic rings. The van der Waals surface area contributed by atoms with Crippen molar-refractivity contribution in [3.8, 4) is 0 Å². The fourth-order valence-electron chi connectivity index (χ4n) is 2.30. The van der Waals surface area contributed by atoms with Crippen molar-refractivity contribution in [2.75, 3.05) is 0 Å². The minimum absolute atomic E-state index is 0.0385. The first-order chi connectivity index (χ1) is 10.1. The molecule has 1 amide bonds. The van der Waals surface area contributed by atoms with Gasteiger partial charge in [0.2, 0.25) is 5.91 Å². The Hall–Kier alpha value is -2.07. The van der Waals surface area contributed by atoms with Crippen LogP contribution in [0.1, 0.15) is 36.3 Å². The first-order valence-corrected chi connectivity index (χ1v) is 7.11. The third kappa shape index (κ3) is 4.46. The van der Waals surface area contributed by atoms with E-state index in [1.165, 1.54) is 6.26 Å². The second-order valence-electron chi connectivity index (χ2n) is 5.34. The van der Waals surface area contributed by atoms with Crippen molar-refractivity contribution in [2.24, 2.45) is 0 Å². The lowest BCUT2D eigenvalue weighted by atomic mass is 10.0. The molecule has 112 valence electrons. The number of nitrogens with one attached hydrogen (secondary N) is 1. The van der Waals surface area contributed by atoms with Crippen molar-refractivity contribution >= 4 is 5.91 Å². The largest absolute Gasteiger partial charge is 0.467 e. The zero-order chi connectivity index (χ0) is 15.2. The maximum Gasteiger partial charge on any atom is 0.224 e. The highest BCUT2D eigenvalue weighted by Crippen LogP contribution is 2.18. The molecule has 2 unspecified atom stereocenters. The van der Waals surface area contributed by atoms with Crippen molar-refractivity contribution < 1.29 is 14.3 Å². The van der Waals surface area contributed by atoms with E-state index in [1.807, 2.05) is 38.1 Å². The summed E-state index contributed by atoms with van der Waals surface area (Å²) in [4.78, 5) is 12.0. The highest BCUT2D eigenvalue weighted by atomic mass is 16.4. The minimum atomic E-state index is -0.700. The van der Waals surface area contributed by atoms with Gasteiger partial charge in [-0.05, 0) is 37.1 Å². The lowest BCUT2D eigenvalue weighted by molar-refractivity contribution is -0.121. The number of aliphatic hydroxyl groups excluding tert-OH is 1. The van der Waals surface area contributed by atoms with Crippen LogP contribution < -0.4 is 5.32 Å². The zero-order valence-corrected chi connectivity index (χ0v) is 12.4. The Morgan fingerprint density at radius 1 is 1.29 bits per heavy atom. The van der Waals surface area contributed by atoms with E-state index in [1.54, 1.807) is 12.1 Å². The summed E-state index contributed by atoms with van der Waals surface area (Å²) in [7, 11) is 0. The van der Waals surface area contributed by atoms with Crippen molar-refractivity contribution in [3.05, 3.63) is 59.5 Å². The SMILES string of the molecule is Cc1ccccc1CC(=O)NC(C)CC(O)c1ccco1. The Morgan fingerprint density at radius 2 is 2.05 bits per heavy atom. The number of carbonyl (C=O) groups is 1. The number of carbonyl (C=O) groups excluding carboxylic acids is 1. The van der Waals surface area contributed by atoms with E-state index in [9.17, 15) is 9.90 Å². The molecule has 0 aliphatic heterocycles. The van der Waals surface area contributed by atoms with Gasteiger partial charge in [0.15, 0.2) is 0 Å². The molecule has 2 rings (SSSR count). The number of aliphatic hydroxyl groups is 1. The smallest absolute Gasteiger partial charge is 0.224 e. The van der Waals surface area contributed by atoms with Gasteiger partial charge in [-0.15, -0.1) is 0 Å². The maximum absolute atomic E-state index is 12.0. The van der Waals surface area contributed by atoms with Crippen LogP contribution in [0.15, 0.2) is 47.1 Å². The summed E-state index contributed by atoms with van der Waals surface area (Å²) in [5.41, 5.74) is 2.13. The lowest BCUT2D eigenvalue weighted by Gasteiger charge is -2.17. The maximum atomic E-state index is 12.0. The van der Waals surface area contributed by atoms with Gasteiger partial charge in [-0.1, -0.05) is 24.3 Å². The monoisotopic (exact) mass is 287 g/mol. The molecule has 0 fully saturated rings. The number of hydrogen-bond acceptors (Lipinski definition) is 3. The van der Waals surface area contributed by atoms with Crippen LogP contribution in [0.3, 0.4) is 0 Å². The molecular weight excluding hydrogens is 266 g/mol. The summed E-state index contributed by atoms with van der Waals surface area (Å²) in [6, 6.07) is 11.2. The molecule has 2 aromatic rings. The summed E-state index contributed by atoms with van der Waals surface area (Å²) < 4.78 is 5.15. The summed E-state index contributed by atoms with van der Waals surface area (Å²) in [5.74, 6) is 0.485. The molecular formula is C17H21NO3. The molecule has 0 bridgehead atoms. The first-order valence-electron chi connectivity index (χ1n) is 7.11. The van der Waals surface area contributed by atoms with Gasteiger partial charge in [0.25, 0.3) is 0 Å². The molecule has 1 aromatic carbocycles. The standard InChI is InChI=1S/C17H21NO3/c1-12-6-3-4-7-14(12)11-17(20)18-13(2)10-15(19)16-8-5-9-21-16/h3-9,13,15,19H,10-11H2,1-2H3,(H,18,20). The Kier molecular flexibility index (Phi) is 5.17. The molecule has 1 aromatic heterocycles. The van der Waals surface area contributed by atoms with Crippen LogP contribution in [0, 0.1) is 6.92 Å². The number of hydrogen-bond donors (Lipinski definition) is 2. The number of furan rings is 1. The van der Waals surface area contributed by atoms with Gasteiger partial charge in [0, 0.05) is 12.5 Å². The third-order valence-corrected chi connectivity index (χ3v) is 3.47. The van der Waals surface area contributed by atoms with Gasteiger partial charge >= 0.3 is 0 Å². The molecule has 2 N–H and O–H groups in total. The van der Waals surface area contributed by atoms with Crippen LogP contribution in [-0.4, -0.2) is 17.1 Å². The Morgan fingerprint density at radius 3 is 2.71 bits per heavy atom. The highest BCUT2D eigenvalue weighted by molar-refractivity contribution is 5.79. The predicted molar refractivity (Wildman–Crippen MR) is 80.8 cm³/mol. The average molecular weight is 287 g/mol. The van der Waals surface area contributed by atoms with E-state index in [-0.39, 0.29) is 11.9 Å². The van der Waals surface area contributed by atoms with Crippen LogP contribution in [0.4, 0.5) is 0 Å². The summed E-state index contributed by atoms with van der Waals surface area (Å²) >= 11 is 0. The number of rotatable bonds is 6. The van der Waals surface area contributed by atoms with E-state index in [0.717, 1.165) is 11.1 Å². The van der Waals surface area contributed by atoms with Crippen molar-refractivity contribution in [3.63, 3.8) is 0 Å².